The van der Waals surface area contributed by atoms with Crippen LogP contribution in [0.5, 0.6) is 0 Å². The Morgan fingerprint density at radius 2 is 1.95 bits per heavy atom. The van der Waals surface area contributed by atoms with Gasteiger partial charge in [0.2, 0.25) is 5.91 Å². The van der Waals surface area contributed by atoms with Gasteiger partial charge in [0, 0.05) is 11.8 Å². The highest BCUT2D eigenvalue weighted by Crippen LogP contribution is 2.25. The standard InChI is InChI=1S/C17H27NO2/c1-6-11-20-15-8-10-17(4,5)9-7-14(15)18-16(19)12-13(2)3/h7-10,13H,6,11-12H2,1-5H3,(H,18,19). The van der Waals surface area contributed by atoms with Crippen LogP contribution in [0.2, 0.25) is 0 Å². The first kappa shape index (κ1) is 16.5. The second-order valence-electron chi connectivity index (χ2n) is 6.26. The number of nitrogens with one attached hydrogen (secondary N) is 1. The molecule has 1 rings (SSSR count). The normalized spacial score (nSPS) is 17.3. The van der Waals surface area contributed by atoms with E-state index in [1.165, 1.54) is 0 Å². The summed E-state index contributed by atoms with van der Waals surface area (Å²) >= 11 is 0. The van der Waals surface area contributed by atoms with Crippen LogP contribution in [0.4, 0.5) is 0 Å². The number of rotatable bonds is 6. The third-order valence-corrected chi connectivity index (χ3v) is 2.94. The molecular formula is C17H27NO2. The molecule has 112 valence electrons. The van der Waals surface area contributed by atoms with E-state index in [1.54, 1.807) is 0 Å². The summed E-state index contributed by atoms with van der Waals surface area (Å²) in [6.07, 6.45) is 9.54. The molecule has 0 fully saturated rings. The summed E-state index contributed by atoms with van der Waals surface area (Å²) in [5.74, 6) is 1.12. The fourth-order valence-corrected chi connectivity index (χ4v) is 1.83. The highest BCUT2D eigenvalue weighted by molar-refractivity contribution is 5.78. The summed E-state index contributed by atoms with van der Waals surface area (Å²) in [7, 11) is 0. The summed E-state index contributed by atoms with van der Waals surface area (Å²) in [5.41, 5.74) is 0.719. The number of hydrogen-bond acceptors (Lipinski definition) is 2. The third-order valence-electron chi connectivity index (χ3n) is 2.94. The summed E-state index contributed by atoms with van der Waals surface area (Å²) < 4.78 is 5.75. The molecule has 20 heavy (non-hydrogen) atoms. The highest BCUT2D eigenvalue weighted by Gasteiger charge is 2.16. The molecule has 0 spiro atoms. The lowest BCUT2D eigenvalue weighted by atomic mass is 9.93. The predicted molar refractivity (Wildman–Crippen MR) is 82.9 cm³/mol. The van der Waals surface area contributed by atoms with Gasteiger partial charge in [0.05, 0.1) is 12.3 Å². The van der Waals surface area contributed by atoms with Crippen molar-refractivity contribution >= 4 is 5.91 Å². The summed E-state index contributed by atoms with van der Waals surface area (Å²) in [6, 6.07) is 0. The van der Waals surface area contributed by atoms with Crippen LogP contribution in [0, 0.1) is 11.3 Å². The molecule has 0 saturated carbocycles. The van der Waals surface area contributed by atoms with Gasteiger partial charge in [-0.25, -0.2) is 0 Å². The molecule has 1 aliphatic carbocycles. The molecular weight excluding hydrogens is 250 g/mol. The number of hydrogen-bond donors (Lipinski definition) is 1. The van der Waals surface area contributed by atoms with Gasteiger partial charge in [0.15, 0.2) is 0 Å². The zero-order valence-corrected chi connectivity index (χ0v) is 13.3. The molecule has 0 aromatic rings. The topological polar surface area (TPSA) is 38.3 Å². The molecule has 0 saturated heterocycles. The maximum atomic E-state index is 12.0. The zero-order valence-electron chi connectivity index (χ0n) is 13.3. The predicted octanol–water partition coefficient (Wildman–Crippen LogP) is 3.94. The second-order valence-corrected chi connectivity index (χ2v) is 6.26. The van der Waals surface area contributed by atoms with Crippen LogP contribution < -0.4 is 5.32 Å². The first-order valence-electron chi connectivity index (χ1n) is 7.39. The van der Waals surface area contributed by atoms with E-state index in [1.807, 2.05) is 26.0 Å². The van der Waals surface area contributed by atoms with Crippen LogP contribution in [0.25, 0.3) is 0 Å². The molecule has 0 unspecified atom stereocenters. The van der Waals surface area contributed by atoms with Crippen LogP contribution >= 0.6 is 0 Å². The van der Waals surface area contributed by atoms with Gasteiger partial charge in [0.25, 0.3) is 0 Å². The monoisotopic (exact) mass is 277 g/mol. The average Bonchev–Trinajstić information content (AvgIpc) is 2.46. The molecule has 0 atom stereocenters. The van der Waals surface area contributed by atoms with Gasteiger partial charge in [0.1, 0.15) is 5.76 Å². The number of ether oxygens (including phenoxy) is 1. The van der Waals surface area contributed by atoms with E-state index in [0.29, 0.717) is 18.9 Å². The molecule has 1 amide bonds. The van der Waals surface area contributed by atoms with Gasteiger partial charge in [-0.15, -0.1) is 0 Å². The third kappa shape index (κ3) is 5.64. The van der Waals surface area contributed by atoms with Crippen molar-refractivity contribution in [3.05, 3.63) is 35.8 Å². The molecule has 0 aliphatic heterocycles. The van der Waals surface area contributed by atoms with Crippen molar-refractivity contribution in [3.63, 3.8) is 0 Å². The van der Waals surface area contributed by atoms with Crippen LogP contribution in [0.1, 0.15) is 47.5 Å². The average molecular weight is 277 g/mol. The lowest BCUT2D eigenvalue weighted by molar-refractivity contribution is -0.121. The minimum atomic E-state index is -0.0364. The van der Waals surface area contributed by atoms with Gasteiger partial charge in [-0.2, -0.15) is 0 Å². The Labute approximate surface area is 122 Å². The zero-order chi connectivity index (χ0) is 15.2. The summed E-state index contributed by atoms with van der Waals surface area (Å²) in [5, 5.41) is 2.96. The summed E-state index contributed by atoms with van der Waals surface area (Å²) in [6.45, 7) is 11.0. The van der Waals surface area contributed by atoms with E-state index in [-0.39, 0.29) is 11.3 Å². The van der Waals surface area contributed by atoms with Crippen molar-refractivity contribution in [1.29, 1.82) is 0 Å². The van der Waals surface area contributed by atoms with Gasteiger partial charge in [-0.3, -0.25) is 4.79 Å². The molecule has 0 bridgehead atoms. The van der Waals surface area contributed by atoms with Crippen LogP contribution in [0.3, 0.4) is 0 Å². The molecule has 0 heterocycles. The largest absolute Gasteiger partial charge is 0.491 e. The van der Waals surface area contributed by atoms with Crippen molar-refractivity contribution in [2.45, 2.75) is 47.5 Å². The lowest BCUT2D eigenvalue weighted by Crippen LogP contribution is -2.24. The number of allylic oxidation sites excluding steroid dienone is 4. The van der Waals surface area contributed by atoms with E-state index >= 15 is 0 Å². The van der Waals surface area contributed by atoms with E-state index in [4.69, 9.17) is 4.74 Å². The van der Waals surface area contributed by atoms with Gasteiger partial charge >= 0.3 is 0 Å². The fourth-order valence-electron chi connectivity index (χ4n) is 1.83. The smallest absolute Gasteiger partial charge is 0.224 e. The number of carbonyl (C=O) groups excluding carboxylic acids is 1. The number of carbonyl (C=O) groups is 1. The second kappa shape index (κ2) is 7.32. The molecule has 3 nitrogen and oxygen atoms in total. The van der Waals surface area contributed by atoms with Gasteiger partial charge in [-0.1, -0.05) is 46.8 Å². The molecule has 3 heteroatoms. The molecule has 1 aliphatic rings. The van der Waals surface area contributed by atoms with Crippen LogP contribution in [-0.2, 0) is 9.53 Å². The quantitative estimate of drug-likeness (QED) is 0.798. The highest BCUT2D eigenvalue weighted by atomic mass is 16.5. The first-order chi connectivity index (χ1) is 9.34. The molecule has 0 radical (unpaired) electrons. The Morgan fingerprint density at radius 3 is 2.55 bits per heavy atom. The number of amides is 1. The van der Waals surface area contributed by atoms with Crippen molar-refractivity contribution in [3.8, 4) is 0 Å². The SMILES string of the molecule is CCCOC1=C(NC(=O)CC(C)C)C=CC(C)(C)C=C1. The Kier molecular flexibility index (Phi) is 6.05. The van der Waals surface area contributed by atoms with E-state index in [0.717, 1.165) is 17.9 Å². The maximum absolute atomic E-state index is 12.0. The molecule has 1 N–H and O–H groups in total. The summed E-state index contributed by atoms with van der Waals surface area (Å²) in [4.78, 5) is 12.0. The van der Waals surface area contributed by atoms with Crippen molar-refractivity contribution in [1.82, 2.24) is 5.32 Å². The van der Waals surface area contributed by atoms with Crippen molar-refractivity contribution in [2.75, 3.05) is 6.61 Å². The van der Waals surface area contributed by atoms with E-state index in [2.05, 4.69) is 38.2 Å². The molecule has 0 aromatic carbocycles. The Hall–Kier alpha value is -1.51. The lowest BCUT2D eigenvalue weighted by Gasteiger charge is -2.12. The Bertz CT molecular complexity index is 428. The first-order valence-corrected chi connectivity index (χ1v) is 7.39. The minimum absolute atomic E-state index is 0.0327. The van der Waals surface area contributed by atoms with Crippen molar-refractivity contribution in [2.24, 2.45) is 11.3 Å². The van der Waals surface area contributed by atoms with Crippen molar-refractivity contribution < 1.29 is 9.53 Å². The fraction of sp³-hybridized carbons (Fsp3) is 0.588. The van der Waals surface area contributed by atoms with Gasteiger partial charge < -0.3 is 10.1 Å². The minimum Gasteiger partial charge on any atom is -0.491 e. The Balaban J connectivity index is 2.90. The van der Waals surface area contributed by atoms with E-state index in [9.17, 15) is 4.79 Å². The Morgan fingerprint density at radius 1 is 1.30 bits per heavy atom. The molecule has 0 aromatic heterocycles. The maximum Gasteiger partial charge on any atom is 0.224 e. The van der Waals surface area contributed by atoms with Crippen LogP contribution in [-0.4, -0.2) is 12.5 Å². The van der Waals surface area contributed by atoms with Gasteiger partial charge in [-0.05, 0) is 24.5 Å². The van der Waals surface area contributed by atoms with E-state index < -0.39 is 0 Å². The van der Waals surface area contributed by atoms with Crippen LogP contribution in [0.15, 0.2) is 35.8 Å².